The highest BCUT2D eigenvalue weighted by atomic mass is 16.5. The molecule has 0 unspecified atom stereocenters. The third-order valence-electron chi connectivity index (χ3n) is 3.40. The van der Waals surface area contributed by atoms with E-state index in [0.29, 0.717) is 6.61 Å². The molecule has 130 valence electrons. The molecular weight excluding hydrogens is 284 g/mol. The maximum atomic E-state index is 11.2. The van der Waals surface area contributed by atoms with Crippen LogP contribution in [-0.2, 0) is 4.74 Å². The van der Waals surface area contributed by atoms with E-state index >= 15 is 0 Å². The second kappa shape index (κ2) is 15.9. The minimum atomic E-state index is -1.10. The largest absolute Gasteiger partial charge is 0.465 e. The Morgan fingerprint density at radius 1 is 0.818 bits per heavy atom. The monoisotopic (exact) mass is 316 g/mol. The summed E-state index contributed by atoms with van der Waals surface area (Å²) in [4.78, 5) is 21.4. The number of ether oxygens (including phenoxy) is 1. The standard InChI is InChI=1S/C16H32N2O4/c1-2-3-4-5-6-7-8-9-10-11-14-22-16(21)18-13-12-17-15(19)20/h17H,2-14H2,1H3,(H,18,21)(H,19,20). The third kappa shape index (κ3) is 16.6. The zero-order valence-electron chi connectivity index (χ0n) is 13.9. The lowest BCUT2D eigenvalue weighted by Crippen LogP contribution is -2.34. The molecule has 0 atom stereocenters. The second-order valence-corrected chi connectivity index (χ2v) is 5.48. The van der Waals surface area contributed by atoms with Crippen molar-refractivity contribution < 1.29 is 19.4 Å². The molecule has 0 saturated carbocycles. The van der Waals surface area contributed by atoms with E-state index in [4.69, 9.17) is 9.84 Å². The molecule has 0 radical (unpaired) electrons. The molecule has 0 heterocycles. The fourth-order valence-electron chi connectivity index (χ4n) is 2.14. The molecule has 0 spiro atoms. The van der Waals surface area contributed by atoms with Gasteiger partial charge < -0.3 is 20.5 Å². The highest BCUT2D eigenvalue weighted by Crippen LogP contribution is 2.10. The molecule has 0 aromatic rings. The molecule has 6 heteroatoms. The average molecular weight is 316 g/mol. The van der Waals surface area contributed by atoms with Crippen LogP contribution in [0.5, 0.6) is 0 Å². The molecule has 0 aromatic carbocycles. The average Bonchev–Trinajstić information content (AvgIpc) is 2.49. The zero-order valence-corrected chi connectivity index (χ0v) is 13.9. The first-order chi connectivity index (χ1) is 10.7. The highest BCUT2D eigenvalue weighted by Gasteiger charge is 2.01. The molecule has 0 bridgehead atoms. The summed E-state index contributed by atoms with van der Waals surface area (Å²) in [6.07, 6.45) is 10.9. The van der Waals surface area contributed by atoms with Crippen LogP contribution >= 0.6 is 0 Å². The minimum absolute atomic E-state index is 0.183. The van der Waals surface area contributed by atoms with Gasteiger partial charge in [-0.25, -0.2) is 9.59 Å². The lowest BCUT2D eigenvalue weighted by atomic mass is 10.1. The van der Waals surface area contributed by atoms with E-state index in [0.717, 1.165) is 12.8 Å². The maximum Gasteiger partial charge on any atom is 0.407 e. The summed E-state index contributed by atoms with van der Waals surface area (Å²) >= 11 is 0. The number of carboxylic acid groups (broad SMARTS) is 1. The van der Waals surface area contributed by atoms with Crippen LogP contribution in [0.3, 0.4) is 0 Å². The highest BCUT2D eigenvalue weighted by molar-refractivity contribution is 5.67. The van der Waals surface area contributed by atoms with E-state index in [1.165, 1.54) is 51.4 Å². The Balaban J connectivity index is 3.15. The third-order valence-corrected chi connectivity index (χ3v) is 3.40. The summed E-state index contributed by atoms with van der Waals surface area (Å²) in [6.45, 7) is 3.08. The van der Waals surface area contributed by atoms with Gasteiger partial charge in [0.15, 0.2) is 0 Å². The van der Waals surface area contributed by atoms with E-state index in [1.807, 2.05) is 0 Å². The van der Waals surface area contributed by atoms with Crippen molar-refractivity contribution in [3.05, 3.63) is 0 Å². The van der Waals surface area contributed by atoms with Crippen LogP contribution in [0.25, 0.3) is 0 Å². The first-order valence-corrected chi connectivity index (χ1v) is 8.54. The van der Waals surface area contributed by atoms with Gasteiger partial charge in [0, 0.05) is 13.1 Å². The Hall–Kier alpha value is -1.46. The Morgan fingerprint density at radius 2 is 1.32 bits per heavy atom. The van der Waals surface area contributed by atoms with Gasteiger partial charge in [-0.2, -0.15) is 0 Å². The Labute approximate surface area is 134 Å². The number of alkyl carbamates (subject to hydrolysis) is 1. The summed E-state index contributed by atoms with van der Waals surface area (Å²) in [6, 6.07) is 0. The first kappa shape index (κ1) is 20.5. The van der Waals surface area contributed by atoms with Crippen molar-refractivity contribution in [3.8, 4) is 0 Å². The molecule has 0 aromatic heterocycles. The maximum absolute atomic E-state index is 11.2. The van der Waals surface area contributed by atoms with E-state index in [2.05, 4.69) is 17.6 Å². The predicted molar refractivity (Wildman–Crippen MR) is 87.2 cm³/mol. The fourth-order valence-corrected chi connectivity index (χ4v) is 2.14. The van der Waals surface area contributed by atoms with Crippen molar-refractivity contribution in [3.63, 3.8) is 0 Å². The molecule has 0 aliphatic rings. The molecule has 0 aliphatic carbocycles. The quantitative estimate of drug-likeness (QED) is 0.424. The lowest BCUT2D eigenvalue weighted by molar-refractivity contribution is 0.143. The van der Waals surface area contributed by atoms with Crippen molar-refractivity contribution in [2.24, 2.45) is 0 Å². The fraction of sp³-hybridized carbons (Fsp3) is 0.875. The van der Waals surface area contributed by atoms with Crippen LogP contribution in [0.4, 0.5) is 9.59 Å². The van der Waals surface area contributed by atoms with Gasteiger partial charge in [0.25, 0.3) is 0 Å². The number of unbranched alkanes of at least 4 members (excludes halogenated alkanes) is 9. The number of nitrogens with one attached hydrogen (secondary N) is 2. The number of hydrogen-bond acceptors (Lipinski definition) is 3. The van der Waals surface area contributed by atoms with Crippen molar-refractivity contribution in [2.45, 2.75) is 71.1 Å². The van der Waals surface area contributed by atoms with Gasteiger partial charge in [-0.1, -0.05) is 64.7 Å². The van der Waals surface area contributed by atoms with Crippen LogP contribution in [0.1, 0.15) is 71.1 Å². The van der Waals surface area contributed by atoms with Crippen LogP contribution in [-0.4, -0.2) is 37.0 Å². The van der Waals surface area contributed by atoms with Gasteiger partial charge in [-0.3, -0.25) is 0 Å². The van der Waals surface area contributed by atoms with E-state index in [9.17, 15) is 9.59 Å². The van der Waals surface area contributed by atoms with Crippen molar-refractivity contribution >= 4 is 12.2 Å². The molecule has 6 nitrogen and oxygen atoms in total. The Kier molecular flexibility index (Phi) is 14.9. The van der Waals surface area contributed by atoms with E-state index in [-0.39, 0.29) is 13.1 Å². The van der Waals surface area contributed by atoms with Gasteiger partial charge in [0.1, 0.15) is 0 Å². The summed E-state index contributed by atoms with van der Waals surface area (Å²) in [5.74, 6) is 0. The molecule has 2 amide bonds. The van der Waals surface area contributed by atoms with Crippen LogP contribution < -0.4 is 10.6 Å². The van der Waals surface area contributed by atoms with Crippen LogP contribution in [0.2, 0.25) is 0 Å². The number of amides is 2. The Morgan fingerprint density at radius 3 is 1.86 bits per heavy atom. The summed E-state index contributed by atoms with van der Waals surface area (Å²) < 4.78 is 5.00. The molecular formula is C16H32N2O4. The predicted octanol–water partition coefficient (Wildman–Crippen LogP) is 3.90. The van der Waals surface area contributed by atoms with E-state index < -0.39 is 12.2 Å². The SMILES string of the molecule is CCCCCCCCCCCCOC(=O)NCCNC(=O)O. The summed E-state index contributed by atoms with van der Waals surface area (Å²) in [5.41, 5.74) is 0. The molecule has 0 aliphatic heterocycles. The van der Waals surface area contributed by atoms with Crippen LogP contribution in [0, 0.1) is 0 Å². The zero-order chi connectivity index (χ0) is 16.5. The van der Waals surface area contributed by atoms with Gasteiger partial charge in [-0.15, -0.1) is 0 Å². The normalized spacial score (nSPS) is 10.2. The van der Waals surface area contributed by atoms with Gasteiger partial charge in [0.2, 0.25) is 0 Å². The molecule has 22 heavy (non-hydrogen) atoms. The van der Waals surface area contributed by atoms with Gasteiger partial charge in [-0.05, 0) is 6.42 Å². The number of hydrogen-bond donors (Lipinski definition) is 3. The van der Waals surface area contributed by atoms with Crippen molar-refractivity contribution in [1.82, 2.24) is 10.6 Å². The van der Waals surface area contributed by atoms with Gasteiger partial charge >= 0.3 is 12.2 Å². The van der Waals surface area contributed by atoms with E-state index in [1.54, 1.807) is 0 Å². The lowest BCUT2D eigenvalue weighted by Gasteiger charge is -2.07. The number of carbonyl (C=O) groups excluding carboxylic acids is 1. The van der Waals surface area contributed by atoms with Crippen LogP contribution in [0.15, 0.2) is 0 Å². The minimum Gasteiger partial charge on any atom is -0.465 e. The summed E-state index contributed by atoms with van der Waals surface area (Å²) in [7, 11) is 0. The number of carbonyl (C=O) groups is 2. The Bertz CT molecular complexity index is 285. The molecule has 0 saturated heterocycles. The smallest absolute Gasteiger partial charge is 0.407 e. The van der Waals surface area contributed by atoms with Crippen molar-refractivity contribution in [2.75, 3.05) is 19.7 Å². The topological polar surface area (TPSA) is 87.7 Å². The number of rotatable bonds is 14. The second-order valence-electron chi connectivity index (χ2n) is 5.48. The van der Waals surface area contributed by atoms with Crippen molar-refractivity contribution in [1.29, 1.82) is 0 Å². The summed E-state index contributed by atoms with van der Waals surface area (Å²) in [5, 5.41) is 13.0. The molecule has 0 fully saturated rings. The van der Waals surface area contributed by atoms with Gasteiger partial charge in [0.05, 0.1) is 6.61 Å². The first-order valence-electron chi connectivity index (χ1n) is 8.54. The molecule has 0 rings (SSSR count). The molecule has 3 N–H and O–H groups in total.